The van der Waals surface area contributed by atoms with Gasteiger partial charge in [0, 0.05) is 19.2 Å². The number of carbonyl (C=O) groups excluding carboxylic acids is 1. The SMILES string of the molecule is COC(=O)[C@H](C)Oc1cc(Oc2c(/C=C/C(=O)O)c(C)nn2C)c(Cl)cc1Cl. The van der Waals surface area contributed by atoms with Gasteiger partial charge in [-0.2, -0.15) is 5.10 Å². The highest BCUT2D eigenvalue weighted by Crippen LogP contribution is 2.39. The number of carbonyl (C=O) groups is 2. The monoisotopic (exact) mass is 428 g/mol. The maximum absolute atomic E-state index is 11.6. The van der Waals surface area contributed by atoms with E-state index in [0.29, 0.717) is 11.3 Å². The van der Waals surface area contributed by atoms with Crippen molar-refractivity contribution in [1.82, 2.24) is 9.78 Å². The summed E-state index contributed by atoms with van der Waals surface area (Å²) in [5.74, 6) is -1.05. The van der Waals surface area contributed by atoms with Crippen molar-refractivity contribution in [1.29, 1.82) is 0 Å². The number of nitrogens with zero attached hydrogens (tertiary/aromatic N) is 2. The van der Waals surface area contributed by atoms with Gasteiger partial charge in [0.25, 0.3) is 0 Å². The Bertz CT molecular complexity index is 939. The summed E-state index contributed by atoms with van der Waals surface area (Å²) >= 11 is 12.4. The molecule has 0 amide bonds. The molecule has 0 saturated heterocycles. The molecule has 0 aliphatic rings. The molecular formula is C18H18Cl2N2O6. The molecule has 0 aliphatic carbocycles. The quantitative estimate of drug-likeness (QED) is 0.527. The normalized spacial score (nSPS) is 12.1. The summed E-state index contributed by atoms with van der Waals surface area (Å²) in [5.41, 5.74) is 1.04. The lowest BCUT2D eigenvalue weighted by Crippen LogP contribution is -2.25. The van der Waals surface area contributed by atoms with Gasteiger partial charge in [-0.05, 0) is 26.0 Å². The van der Waals surface area contributed by atoms with Gasteiger partial charge in [-0.25, -0.2) is 14.3 Å². The largest absolute Gasteiger partial charge is 0.478 e. The van der Waals surface area contributed by atoms with Crippen LogP contribution in [-0.4, -0.2) is 40.0 Å². The van der Waals surface area contributed by atoms with Crippen LogP contribution in [0, 0.1) is 6.92 Å². The number of hydrogen-bond donors (Lipinski definition) is 1. The molecule has 0 radical (unpaired) electrons. The van der Waals surface area contributed by atoms with Gasteiger partial charge in [0.2, 0.25) is 5.88 Å². The smallest absolute Gasteiger partial charge is 0.346 e. The Morgan fingerprint density at radius 3 is 2.50 bits per heavy atom. The number of methoxy groups -OCH3 is 1. The van der Waals surface area contributed by atoms with Gasteiger partial charge in [0.05, 0.1) is 28.4 Å². The van der Waals surface area contributed by atoms with Gasteiger partial charge in [-0.15, -0.1) is 0 Å². The van der Waals surface area contributed by atoms with Crippen molar-refractivity contribution in [2.45, 2.75) is 20.0 Å². The lowest BCUT2D eigenvalue weighted by molar-refractivity contribution is -0.147. The topological polar surface area (TPSA) is 99.9 Å². The van der Waals surface area contributed by atoms with Crippen LogP contribution in [0.1, 0.15) is 18.2 Å². The minimum absolute atomic E-state index is 0.167. The second kappa shape index (κ2) is 8.99. The number of benzene rings is 1. The molecule has 28 heavy (non-hydrogen) atoms. The maximum atomic E-state index is 11.6. The third-order valence-corrected chi connectivity index (χ3v) is 4.23. The molecular weight excluding hydrogens is 411 g/mol. The first kappa shape index (κ1) is 21.6. The zero-order chi connectivity index (χ0) is 21.0. The van der Waals surface area contributed by atoms with Crippen molar-refractivity contribution in [3.05, 3.63) is 39.5 Å². The zero-order valence-corrected chi connectivity index (χ0v) is 17.0. The predicted octanol–water partition coefficient (Wildman–Crippen LogP) is 3.87. The Labute approximate surface area is 171 Å². The van der Waals surface area contributed by atoms with Crippen molar-refractivity contribution in [3.63, 3.8) is 0 Å². The van der Waals surface area contributed by atoms with E-state index in [-0.39, 0.29) is 27.4 Å². The number of hydrogen-bond acceptors (Lipinski definition) is 6. The van der Waals surface area contributed by atoms with Crippen LogP contribution in [0.15, 0.2) is 18.2 Å². The molecule has 0 unspecified atom stereocenters. The summed E-state index contributed by atoms with van der Waals surface area (Å²) in [7, 11) is 2.89. The first-order valence-corrected chi connectivity index (χ1v) is 8.75. The molecule has 1 aromatic carbocycles. The van der Waals surface area contributed by atoms with Gasteiger partial charge in [0.15, 0.2) is 11.9 Å². The second-order valence-corrected chi connectivity index (χ2v) is 6.51. The Balaban J connectivity index is 2.41. The highest BCUT2D eigenvalue weighted by Gasteiger charge is 2.20. The Morgan fingerprint density at radius 2 is 1.89 bits per heavy atom. The molecule has 0 fully saturated rings. The van der Waals surface area contributed by atoms with Gasteiger partial charge in [0.1, 0.15) is 5.75 Å². The van der Waals surface area contributed by atoms with Crippen molar-refractivity contribution >= 4 is 41.2 Å². The van der Waals surface area contributed by atoms with Crippen molar-refractivity contribution in [2.75, 3.05) is 7.11 Å². The van der Waals surface area contributed by atoms with Crippen LogP contribution >= 0.6 is 23.2 Å². The minimum atomic E-state index is -1.11. The Kier molecular flexibility index (Phi) is 6.93. The minimum Gasteiger partial charge on any atom is -0.478 e. The van der Waals surface area contributed by atoms with Crippen LogP contribution in [0.4, 0.5) is 0 Å². The fraction of sp³-hybridized carbons (Fsp3) is 0.278. The average Bonchev–Trinajstić information content (AvgIpc) is 2.89. The summed E-state index contributed by atoms with van der Waals surface area (Å²) in [5, 5.41) is 13.5. The molecule has 2 aromatic rings. The summed E-state index contributed by atoms with van der Waals surface area (Å²) in [4.78, 5) is 22.4. The number of carboxylic acids is 1. The Morgan fingerprint density at radius 1 is 1.25 bits per heavy atom. The first-order valence-electron chi connectivity index (χ1n) is 8.00. The van der Waals surface area contributed by atoms with E-state index >= 15 is 0 Å². The highest BCUT2D eigenvalue weighted by molar-refractivity contribution is 6.36. The van der Waals surface area contributed by atoms with E-state index in [0.717, 1.165) is 6.08 Å². The molecule has 1 aromatic heterocycles. The van der Waals surface area contributed by atoms with E-state index in [9.17, 15) is 9.59 Å². The van der Waals surface area contributed by atoms with Crippen LogP contribution < -0.4 is 9.47 Å². The molecule has 0 saturated carbocycles. The van der Waals surface area contributed by atoms with Crippen molar-refractivity contribution in [3.8, 4) is 17.4 Å². The average molecular weight is 429 g/mol. The molecule has 2 rings (SSSR count). The van der Waals surface area contributed by atoms with Gasteiger partial charge in [-0.1, -0.05) is 23.2 Å². The van der Waals surface area contributed by atoms with E-state index in [1.54, 1.807) is 14.0 Å². The van der Waals surface area contributed by atoms with Crippen molar-refractivity contribution < 1.29 is 28.9 Å². The lowest BCUT2D eigenvalue weighted by atomic mass is 10.2. The van der Waals surface area contributed by atoms with E-state index < -0.39 is 18.0 Å². The van der Waals surface area contributed by atoms with Crippen LogP contribution in [0.5, 0.6) is 17.4 Å². The third kappa shape index (κ3) is 4.96. The molecule has 8 nitrogen and oxygen atoms in total. The number of halogens is 2. The first-order chi connectivity index (χ1) is 13.1. The number of aliphatic carboxylic acids is 1. The number of carboxylic acid groups (broad SMARTS) is 1. The van der Waals surface area contributed by atoms with Gasteiger partial charge < -0.3 is 19.3 Å². The fourth-order valence-corrected chi connectivity index (χ4v) is 2.77. The number of ether oxygens (including phenoxy) is 3. The number of aryl methyl sites for hydroxylation is 2. The van der Waals surface area contributed by atoms with Crippen LogP contribution in [0.3, 0.4) is 0 Å². The lowest BCUT2D eigenvalue weighted by Gasteiger charge is -2.16. The fourth-order valence-electron chi connectivity index (χ4n) is 2.31. The van der Waals surface area contributed by atoms with Crippen LogP contribution in [-0.2, 0) is 21.4 Å². The maximum Gasteiger partial charge on any atom is 0.346 e. The van der Waals surface area contributed by atoms with E-state index in [1.165, 1.54) is 36.9 Å². The van der Waals surface area contributed by atoms with E-state index in [2.05, 4.69) is 9.84 Å². The summed E-state index contributed by atoms with van der Waals surface area (Å²) in [6.45, 7) is 3.22. The second-order valence-electron chi connectivity index (χ2n) is 5.70. The number of rotatable bonds is 7. The third-order valence-electron chi connectivity index (χ3n) is 3.64. The molecule has 150 valence electrons. The van der Waals surface area contributed by atoms with Crippen molar-refractivity contribution in [2.24, 2.45) is 7.05 Å². The molecule has 1 N–H and O–H groups in total. The molecule has 1 heterocycles. The highest BCUT2D eigenvalue weighted by atomic mass is 35.5. The number of esters is 1. The molecule has 1 atom stereocenters. The predicted molar refractivity (Wildman–Crippen MR) is 103 cm³/mol. The van der Waals surface area contributed by atoms with Gasteiger partial charge in [-0.3, -0.25) is 0 Å². The summed E-state index contributed by atoms with van der Waals surface area (Å²) < 4.78 is 17.4. The van der Waals surface area contributed by atoms with E-state index in [1.807, 2.05) is 0 Å². The molecule has 0 bridgehead atoms. The van der Waals surface area contributed by atoms with Crippen LogP contribution in [0.25, 0.3) is 6.08 Å². The summed E-state index contributed by atoms with van der Waals surface area (Å²) in [6.07, 6.45) is 1.46. The molecule has 0 spiro atoms. The molecule has 10 heteroatoms. The standard InChI is InChI=1S/C18H18Cl2N2O6/c1-9-11(5-6-16(23)24)17(22(3)21-9)28-15-8-14(12(19)7-13(15)20)27-10(2)18(25)26-4/h5-8,10H,1-4H3,(H,23,24)/b6-5+/t10-/m0/s1. The van der Waals surface area contributed by atoms with E-state index in [4.69, 9.17) is 37.8 Å². The zero-order valence-electron chi connectivity index (χ0n) is 15.5. The van der Waals surface area contributed by atoms with Crippen LogP contribution in [0.2, 0.25) is 10.0 Å². The molecule has 0 aliphatic heterocycles. The Hall–Kier alpha value is -2.71. The summed E-state index contributed by atoms with van der Waals surface area (Å²) in [6, 6.07) is 2.84. The van der Waals surface area contributed by atoms with Gasteiger partial charge >= 0.3 is 11.9 Å². The number of aromatic nitrogens is 2.